The molecule has 0 aliphatic carbocycles. The molecule has 0 spiro atoms. The topological polar surface area (TPSA) is 110 Å². The van der Waals surface area contributed by atoms with Crippen LogP contribution in [0.1, 0.15) is 31.9 Å². The van der Waals surface area contributed by atoms with Crippen molar-refractivity contribution in [3.63, 3.8) is 0 Å². The molecular formula is C20H23N3O4S. The molecule has 1 atom stereocenters. The second kappa shape index (κ2) is 8.52. The van der Waals surface area contributed by atoms with Gasteiger partial charge in [0, 0.05) is 17.9 Å². The van der Waals surface area contributed by atoms with Crippen LogP contribution in [0.25, 0.3) is 0 Å². The van der Waals surface area contributed by atoms with E-state index in [0.717, 1.165) is 0 Å². The first-order chi connectivity index (χ1) is 13.1. The lowest BCUT2D eigenvalue weighted by Crippen LogP contribution is -2.41. The number of hydrogen-bond donors (Lipinski definition) is 2. The normalized spacial score (nSPS) is 13.6. The molecule has 0 saturated carbocycles. The molecule has 7 nitrogen and oxygen atoms in total. The number of amides is 1. The fourth-order valence-corrected chi connectivity index (χ4v) is 3.30. The summed E-state index contributed by atoms with van der Waals surface area (Å²) in [6, 6.07) is 15.2. The van der Waals surface area contributed by atoms with Crippen molar-refractivity contribution in [1.82, 2.24) is 4.72 Å². The maximum absolute atomic E-state index is 11.9. The van der Waals surface area contributed by atoms with Gasteiger partial charge in [0.2, 0.25) is 16.4 Å². The van der Waals surface area contributed by atoms with Crippen LogP contribution in [0.2, 0.25) is 0 Å². The highest BCUT2D eigenvalue weighted by Gasteiger charge is 2.27. The Hall–Kier alpha value is -2.73. The number of anilines is 2. The summed E-state index contributed by atoms with van der Waals surface area (Å²) < 4.78 is 26.2. The van der Waals surface area contributed by atoms with Crippen LogP contribution in [0, 0.1) is 11.3 Å². The molecule has 2 aromatic rings. The van der Waals surface area contributed by atoms with Gasteiger partial charge in [-0.3, -0.25) is 9.69 Å². The summed E-state index contributed by atoms with van der Waals surface area (Å²) >= 11 is 0. The molecule has 0 radical (unpaired) electrons. The fourth-order valence-electron chi connectivity index (χ4n) is 2.49. The first kappa shape index (κ1) is 21.6. The van der Waals surface area contributed by atoms with E-state index < -0.39 is 20.9 Å². The van der Waals surface area contributed by atoms with E-state index in [-0.39, 0.29) is 6.54 Å². The monoisotopic (exact) mass is 401 g/mol. The minimum absolute atomic E-state index is 0.172. The summed E-state index contributed by atoms with van der Waals surface area (Å²) in [6.45, 7) is 4.45. The summed E-state index contributed by atoms with van der Waals surface area (Å²) in [6.07, 6.45) is 0.639. The first-order valence-corrected chi connectivity index (χ1v) is 10.2. The van der Waals surface area contributed by atoms with E-state index >= 15 is 0 Å². The molecule has 0 aromatic heterocycles. The molecule has 28 heavy (non-hydrogen) atoms. The van der Waals surface area contributed by atoms with Crippen molar-refractivity contribution in [3.8, 4) is 6.07 Å². The molecule has 0 heterocycles. The Bertz CT molecular complexity index is 977. The van der Waals surface area contributed by atoms with E-state index in [2.05, 4.69) is 4.72 Å². The van der Waals surface area contributed by atoms with Crippen molar-refractivity contribution in [2.24, 2.45) is 0 Å². The molecule has 8 heteroatoms. The summed E-state index contributed by atoms with van der Waals surface area (Å²) in [5.41, 5.74) is 0.596. The van der Waals surface area contributed by atoms with Crippen LogP contribution in [0.15, 0.2) is 48.5 Å². The van der Waals surface area contributed by atoms with E-state index in [9.17, 15) is 18.3 Å². The maximum Gasteiger partial charge on any atom is 0.218 e. The predicted molar refractivity (Wildman–Crippen MR) is 107 cm³/mol. The van der Waals surface area contributed by atoms with Gasteiger partial charge < -0.3 is 5.11 Å². The van der Waals surface area contributed by atoms with E-state index in [1.807, 2.05) is 6.07 Å². The summed E-state index contributed by atoms with van der Waals surface area (Å²) in [5.74, 6) is 0. The van der Waals surface area contributed by atoms with E-state index in [0.29, 0.717) is 28.9 Å². The number of sulfonamides is 1. The van der Waals surface area contributed by atoms with Crippen LogP contribution in [-0.2, 0) is 20.4 Å². The number of benzene rings is 2. The van der Waals surface area contributed by atoms with Crippen LogP contribution >= 0.6 is 0 Å². The standard InChI is InChI=1S/C20H23N3O4S/c1-15(2)28(26,27)22-13-20(3,25)17-7-9-18(10-8-17)23(14-24)19-6-4-5-16(11-19)12-21/h4-11,14-15,22,25H,13H2,1-3H3. The number of nitrogens with one attached hydrogen (secondary N) is 1. The fraction of sp³-hybridized carbons (Fsp3) is 0.300. The van der Waals surface area contributed by atoms with Gasteiger partial charge in [0.1, 0.15) is 5.60 Å². The van der Waals surface area contributed by atoms with Crippen LogP contribution < -0.4 is 9.62 Å². The second-order valence-electron chi connectivity index (χ2n) is 6.87. The molecule has 148 valence electrons. The van der Waals surface area contributed by atoms with Gasteiger partial charge in [0.15, 0.2) is 0 Å². The molecule has 0 aliphatic heterocycles. The Kier molecular flexibility index (Phi) is 6.56. The molecule has 0 bridgehead atoms. The SMILES string of the molecule is CC(C)S(=O)(=O)NCC(C)(O)c1ccc(N(C=O)c2cccc(C#N)c2)cc1. The zero-order valence-corrected chi connectivity index (χ0v) is 16.8. The Labute approximate surface area is 165 Å². The number of nitriles is 1. The second-order valence-corrected chi connectivity index (χ2v) is 9.19. The molecule has 0 aliphatic rings. The zero-order valence-electron chi connectivity index (χ0n) is 16.0. The third-order valence-electron chi connectivity index (χ3n) is 4.36. The summed E-state index contributed by atoms with van der Waals surface area (Å²) in [7, 11) is -3.50. The van der Waals surface area contributed by atoms with Gasteiger partial charge in [-0.1, -0.05) is 18.2 Å². The van der Waals surface area contributed by atoms with Crippen LogP contribution in [0.4, 0.5) is 11.4 Å². The number of rotatable bonds is 8. The highest BCUT2D eigenvalue weighted by molar-refractivity contribution is 7.90. The highest BCUT2D eigenvalue weighted by Crippen LogP contribution is 2.28. The van der Waals surface area contributed by atoms with Gasteiger partial charge >= 0.3 is 0 Å². The van der Waals surface area contributed by atoms with Gasteiger partial charge in [-0.15, -0.1) is 0 Å². The Balaban J connectivity index is 2.23. The van der Waals surface area contributed by atoms with Crippen molar-refractivity contribution in [2.75, 3.05) is 11.4 Å². The van der Waals surface area contributed by atoms with Gasteiger partial charge in [0.25, 0.3) is 0 Å². The minimum Gasteiger partial charge on any atom is -0.384 e. The first-order valence-electron chi connectivity index (χ1n) is 8.67. The zero-order chi connectivity index (χ0) is 20.9. The average molecular weight is 401 g/mol. The van der Waals surface area contributed by atoms with Crippen LogP contribution in [0.5, 0.6) is 0 Å². The molecule has 1 unspecified atom stereocenters. The molecule has 0 fully saturated rings. The molecule has 2 rings (SSSR count). The number of nitrogens with zero attached hydrogens (tertiary/aromatic N) is 2. The predicted octanol–water partition coefficient (Wildman–Crippen LogP) is 2.39. The Morgan fingerprint density at radius 1 is 1.21 bits per heavy atom. The molecule has 0 saturated heterocycles. The third kappa shape index (κ3) is 4.95. The lowest BCUT2D eigenvalue weighted by atomic mass is 9.96. The number of hydrogen-bond acceptors (Lipinski definition) is 5. The number of carbonyl (C=O) groups is 1. The van der Waals surface area contributed by atoms with Crippen molar-refractivity contribution in [1.29, 1.82) is 5.26 Å². The van der Waals surface area contributed by atoms with Gasteiger partial charge in [-0.25, -0.2) is 13.1 Å². The lowest BCUT2D eigenvalue weighted by molar-refractivity contribution is -0.106. The smallest absolute Gasteiger partial charge is 0.218 e. The van der Waals surface area contributed by atoms with Crippen molar-refractivity contribution < 1.29 is 18.3 Å². The Morgan fingerprint density at radius 3 is 2.39 bits per heavy atom. The third-order valence-corrected chi connectivity index (χ3v) is 6.15. The molecule has 1 amide bonds. The Morgan fingerprint density at radius 2 is 1.86 bits per heavy atom. The number of aliphatic hydroxyl groups is 1. The van der Waals surface area contributed by atoms with Crippen LogP contribution in [-0.4, -0.2) is 31.7 Å². The van der Waals surface area contributed by atoms with E-state index in [1.54, 1.807) is 62.4 Å². The molecule has 2 N–H and O–H groups in total. The van der Waals surface area contributed by atoms with Crippen molar-refractivity contribution in [3.05, 3.63) is 59.7 Å². The van der Waals surface area contributed by atoms with Gasteiger partial charge in [-0.05, 0) is 56.7 Å². The van der Waals surface area contributed by atoms with Gasteiger partial charge in [0.05, 0.1) is 16.9 Å². The van der Waals surface area contributed by atoms with Crippen molar-refractivity contribution >= 4 is 27.8 Å². The van der Waals surface area contributed by atoms with Crippen LogP contribution in [0.3, 0.4) is 0 Å². The minimum atomic E-state index is -3.50. The maximum atomic E-state index is 11.9. The highest BCUT2D eigenvalue weighted by atomic mass is 32.2. The summed E-state index contributed by atoms with van der Waals surface area (Å²) in [4.78, 5) is 13.0. The van der Waals surface area contributed by atoms with Gasteiger partial charge in [-0.2, -0.15) is 5.26 Å². The van der Waals surface area contributed by atoms with E-state index in [4.69, 9.17) is 5.26 Å². The number of carbonyl (C=O) groups excluding carboxylic acids is 1. The average Bonchev–Trinajstić information content (AvgIpc) is 2.68. The van der Waals surface area contributed by atoms with E-state index in [1.165, 1.54) is 11.8 Å². The van der Waals surface area contributed by atoms with Crippen molar-refractivity contribution in [2.45, 2.75) is 31.6 Å². The lowest BCUT2D eigenvalue weighted by Gasteiger charge is -2.26. The quantitative estimate of drug-likeness (QED) is 0.660. The summed E-state index contributed by atoms with van der Waals surface area (Å²) in [5, 5.41) is 19.1. The molecular weight excluding hydrogens is 378 g/mol. The molecule has 2 aromatic carbocycles. The largest absolute Gasteiger partial charge is 0.384 e.